The molecule has 0 aliphatic rings. The lowest BCUT2D eigenvalue weighted by Gasteiger charge is -2.30. The first-order chi connectivity index (χ1) is 8.11. The Balaban J connectivity index is 2.66. The van der Waals surface area contributed by atoms with Gasteiger partial charge in [0.2, 0.25) is 0 Å². The molecule has 17 heavy (non-hydrogen) atoms. The monoisotopic (exact) mass is 231 g/mol. The number of nitrogens with zero attached hydrogens (tertiary/aromatic N) is 2. The Morgan fingerprint density at radius 3 is 2.53 bits per heavy atom. The molecule has 3 nitrogen and oxygen atoms in total. The van der Waals surface area contributed by atoms with Crippen molar-refractivity contribution in [2.24, 2.45) is 0 Å². The highest BCUT2D eigenvalue weighted by Crippen LogP contribution is 2.14. The molecule has 1 unspecified atom stereocenters. The molecular formula is C14H21N3. The van der Waals surface area contributed by atoms with Crippen molar-refractivity contribution < 1.29 is 0 Å². The lowest BCUT2D eigenvalue weighted by Crippen LogP contribution is -2.49. The largest absolute Gasteiger partial charge is 0.372 e. The highest BCUT2D eigenvalue weighted by atomic mass is 15.1. The zero-order chi connectivity index (χ0) is 12.7. The number of nitrogens with one attached hydrogen (secondary N) is 1. The first kappa shape index (κ1) is 13.5. The summed E-state index contributed by atoms with van der Waals surface area (Å²) in [6, 6.07) is 12.5. The van der Waals surface area contributed by atoms with Gasteiger partial charge in [0, 0.05) is 19.3 Å². The van der Waals surface area contributed by atoms with Crippen LogP contribution in [0.1, 0.15) is 20.3 Å². The Morgan fingerprint density at radius 2 is 2.00 bits per heavy atom. The Hall–Kier alpha value is -1.53. The van der Waals surface area contributed by atoms with Crippen LogP contribution in [0.25, 0.3) is 0 Å². The molecule has 1 aromatic carbocycles. The third kappa shape index (κ3) is 4.08. The summed E-state index contributed by atoms with van der Waals surface area (Å²) in [6.07, 6.45) is 1.03. The maximum Gasteiger partial charge on any atom is 0.121 e. The first-order valence-electron chi connectivity index (χ1n) is 6.04. The summed E-state index contributed by atoms with van der Waals surface area (Å²) >= 11 is 0. The van der Waals surface area contributed by atoms with E-state index in [2.05, 4.69) is 35.3 Å². The third-order valence-electron chi connectivity index (χ3n) is 2.76. The summed E-state index contributed by atoms with van der Waals surface area (Å²) in [5.74, 6) is 0. The highest BCUT2D eigenvalue weighted by molar-refractivity contribution is 5.46. The van der Waals surface area contributed by atoms with E-state index < -0.39 is 5.54 Å². The maximum absolute atomic E-state index is 9.27. The molecule has 0 amide bonds. The van der Waals surface area contributed by atoms with Gasteiger partial charge < -0.3 is 4.90 Å². The number of hydrogen-bond acceptors (Lipinski definition) is 3. The van der Waals surface area contributed by atoms with Crippen LogP contribution in [0.3, 0.4) is 0 Å². The zero-order valence-electron chi connectivity index (χ0n) is 10.9. The summed E-state index contributed by atoms with van der Waals surface area (Å²) in [5, 5.41) is 12.6. The van der Waals surface area contributed by atoms with E-state index >= 15 is 0 Å². The van der Waals surface area contributed by atoms with E-state index in [0.717, 1.165) is 18.7 Å². The quantitative estimate of drug-likeness (QED) is 0.817. The van der Waals surface area contributed by atoms with Gasteiger partial charge in [-0.3, -0.25) is 5.32 Å². The molecule has 0 radical (unpaired) electrons. The van der Waals surface area contributed by atoms with Crippen molar-refractivity contribution in [1.29, 1.82) is 5.26 Å². The van der Waals surface area contributed by atoms with Crippen molar-refractivity contribution in [2.45, 2.75) is 25.8 Å². The topological polar surface area (TPSA) is 39.1 Å². The highest BCUT2D eigenvalue weighted by Gasteiger charge is 2.24. The second-order valence-electron chi connectivity index (χ2n) is 4.56. The summed E-state index contributed by atoms with van der Waals surface area (Å²) in [7, 11) is 2.01. The van der Waals surface area contributed by atoms with E-state index in [9.17, 15) is 5.26 Å². The van der Waals surface area contributed by atoms with Gasteiger partial charge in [-0.05, 0) is 32.0 Å². The minimum Gasteiger partial charge on any atom is -0.372 e. The summed E-state index contributed by atoms with van der Waals surface area (Å²) in [4.78, 5) is 2.10. The van der Waals surface area contributed by atoms with Gasteiger partial charge in [0.25, 0.3) is 0 Å². The van der Waals surface area contributed by atoms with Crippen molar-refractivity contribution >= 4 is 5.69 Å². The zero-order valence-corrected chi connectivity index (χ0v) is 10.9. The Morgan fingerprint density at radius 1 is 1.35 bits per heavy atom. The number of para-hydroxylation sites is 1. The number of likely N-dealkylation sites (N-methyl/N-ethyl adjacent to an activating group) is 1. The fraction of sp³-hybridized carbons (Fsp3) is 0.500. The Labute approximate surface area is 104 Å². The molecule has 1 atom stereocenters. The van der Waals surface area contributed by atoms with Gasteiger partial charge in [-0.25, -0.2) is 0 Å². The molecular weight excluding hydrogens is 210 g/mol. The molecule has 0 bridgehead atoms. The van der Waals surface area contributed by atoms with E-state index in [-0.39, 0.29) is 0 Å². The second kappa shape index (κ2) is 6.27. The van der Waals surface area contributed by atoms with Crippen molar-refractivity contribution in [3.05, 3.63) is 30.3 Å². The molecule has 0 fully saturated rings. The van der Waals surface area contributed by atoms with Gasteiger partial charge in [0.05, 0.1) is 6.07 Å². The van der Waals surface area contributed by atoms with Gasteiger partial charge in [0.1, 0.15) is 5.54 Å². The second-order valence-corrected chi connectivity index (χ2v) is 4.56. The van der Waals surface area contributed by atoms with Gasteiger partial charge in [0.15, 0.2) is 0 Å². The van der Waals surface area contributed by atoms with Crippen LogP contribution in [0.4, 0.5) is 5.69 Å². The normalized spacial score (nSPS) is 13.8. The van der Waals surface area contributed by atoms with E-state index in [1.165, 1.54) is 0 Å². The van der Waals surface area contributed by atoms with Crippen LogP contribution in [0, 0.1) is 11.3 Å². The van der Waals surface area contributed by atoms with Crippen LogP contribution >= 0.6 is 0 Å². The van der Waals surface area contributed by atoms with E-state index in [4.69, 9.17) is 0 Å². The van der Waals surface area contributed by atoms with Gasteiger partial charge in [-0.15, -0.1) is 0 Å². The molecule has 0 aliphatic heterocycles. The summed E-state index contributed by atoms with van der Waals surface area (Å²) < 4.78 is 0. The summed E-state index contributed by atoms with van der Waals surface area (Å²) in [5.41, 5.74) is 0.632. The Bertz CT molecular complexity index is 369. The van der Waals surface area contributed by atoms with Crippen LogP contribution in [-0.2, 0) is 0 Å². The molecule has 0 saturated carbocycles. The maximum atomic E-state index is 9.27. The molecule has 0 spiro atoms. The van der Waals surface area contributed by atoms with Crippen molar-refractivity contribution in [3.63, 3.8) is 0 Å². The van der Waals surface area contributed by atoms with Crippen LogP contribution in [-0.4, -0.2) is 25.7 Å². The average Bonchev–Trinajstić information content (AvgIpc) is 2.37. The van der Waals surface area contributed by atoms with Crippen LogP contribution < -0.4 is 10.2 Å². The molecule has 92 valence electrons. The molecule has 0 aliphatic carbocycles. The minimum atomic E-state index is -0.499. The molecule has 3 heteroatoms. The van der Waals surface area contributed by atoms with E-state index in [0.29, 0.717) is 6.54 Å². The number of anilines is 1. The number of rotatable bonds is 6. The van der Waals surface area contributed by atoms with Crippen molar-refractivity contribution in [2.75, 3.05) is 25.0 Å². The van der Waals surface area contributed by atoms with Gasteiger partial charge in [-0.1, -0.05) is 25.1 Å². The molecule has 1 aromatic rings. The number of hydrogen-bond donors (Lipinski definition) is 1. The van der Waals surface area contributed by atoms with Crippen molar-refractivity contribution in [1.82, 2.24) is 5.32 Å². The van der Waals surface area contributed by atoms with Crippen LogP contribution in [0.5, 0.6) is 0 Å². The van der Waals surface area contributed by atoms with Gasteiger partial charge >= 0.3 is 0 Å². The van der Waals surface area contributed by atoms with E-state index in [1.807, 2.05) is 32.2 Å². The Kier molecular flexibility index (Phi) is 4.99. The fourth-order valence-corrected chi connectivity index (χ4v) is 1.78. The first-order valence-corrected chi connectivity index (χ1v) is 6.04. The van der Waals surface area contributed by atoms with Crippen LogP contribution in [0.2, 0.25) is 0 Å². The predicted molar refractivity (Wildman–Crippen MR) is 72.0 cm³/mol. The molecule has 1 N–H and O–H groups in total. The molecule has 0 heterocycles. The number of benzene rings is 1. The third-order valence-corrected chi connectivity index (χ3v) is 2.76. The molecule has 0 saturated heterocycles. The lowest BCUT2D eigenvalue weighted by atomic mass is 10.0. The standard InChI is InChI=1S/C14H21N3/c1-4-10-16-14(2,11-15)12-17(3)13-8-6-5-7-9-13/h5-9,16H,4,10,12H2,1-3H3. The summed E-state index contributed by atoms with van der Waals surface area (Å²) in [6.45, 7) is 5.59. The van der Waals surface area contributed by atoms with E-state index in [1.54, 1.807) is 0 Å². The lowest BCUT2D eigenvalue weighted by molar-refractivity contribution is 0.449. The SMILES string of the molecule is CCCNC(C)(C#N)CN(C)c1ccccc1. The minimum absolute atomic E-state index is 0.499. The van der Waals surface area contributed by atoms with Crippen LogP contribution in [0.15, 0.2) is 30.3 Å². The van der Waals surface area contributed by atoms with Crippen molar-refractivity contribution in [3.8, 4) is 6.07 Å². The molecule has 1 rings (SSSR count). The molecule has 0 aromatic heterocycles. The number of nitriles is 1. The smallest absolute Gasteiger partial charge is 0.121 e. The predicted octanol–water partition coefficient (Wildman–Crippen LogP) is 2.40. The fourth-order valence-electron chi connectivity index (χ4n) is 1.78. The van der Waals surface area contributed by atoms with Gasteiger partial charge in [-0.2, -0.15) is 5.26 Å². The average molecular weight is 231 g/mol.